The van der Waals surface area contributed by atoms with Crippen LogP contribution in [0.15, 0.2) is 12.1 Å². The zero-order chi connectivity index (χ0) is 16.7. The number of aliphatic hydroxyl groups is 1. The third-order valence-electron chi connectivity index (χ3n) is 3.62. The Morgan fingerprint density at radius 2 is 2.09 bits per heavy atom. The highest BCUT2D eigenvalue weighted by atomic mass is 19.4. The second-order valence-corrected chi connectivity index (χ2v) is 4.92. The minimum atomic E-state index is -4.72. The predicted octanol–water partition coefficient (Wildman–Crippen LogP) is 3.27. The lowest BCUT2D eigenvalue weighted by atomic mass is 10.0. The standard InChI is InChI=1S/C14H13F3N2O3/c1-7-10(19-11(6-20)8(2)22-13(19)21)5-4-9(18-3)12(7)14(15,16)17/h4-5,8,11,20H,6H2,1-2H3/t8-,11-/m0/s1. The first-order valence-corrected chi connectivity index (χ1v) is 6.41. The van der Waals surface area contributed by atoms with Crippen molar-refractivity contribution in [2.75, 3.05) is 11.5 Å². The van der Waals surface area contributed by atoms with Crippen LogP contribution in [0.4, 0.5) is 29.3 Å². The summed E-state index contributed by atoms with van der Waals surface area (Å²) >= 11 is 0. The van der Waals surface area contributed by atoms with E-state index in [1.807, 2.05) is 0 Å². The van der Waals surface area contributed by atoms with Gasteiger partial charge in [-0.15, -0.1) is 0 Å². The molecular weight excluding hydrogens is 301 g/mol. The normalized spacial score (nSPS) is 21.7. The van der Waals surface area contributed by atoms with Crippen molar-refractivity contribution in [1.82, 2.24) is 0 Å². The molecule has 22 heavy (non-hydrogen) atoms. The number of nitrogens with zero attached hydrogens (tertiary/aromatic N) is 2. The smallest absolute Gasteiger partial charge is 0.415 e. The SMILES string of the molecule is [C-]#[N+]c1ccc(N2C(=O)O[C@@H](C)[C@@H]2CO)c(C)c1C(F)(F)F. The number of benzene rings is 1. The van der Waals surface area contributed by atoms with Gasteiger partial charge in [0.05, 0.1) is 18.7 Å². The van der Waals surface area contributed by atoms with Crippen LogP contribution in [0.3, 0.4) is 0 Å². The first kappa shape index (κ1) is 16.1. The van der Waals surface area contributed by atoms with E-state index >= 15 is 0 Å². The van der Waals surface area contributed by atoms with E-state index in [9.17, 15) is 23.1 Å². The lowest BCUT2D eigenvalue weighted by Gasteiger charge is -2.25. The summed E-state index contributed by atoms with van der Waals surface area (Å²) in [5.41, 5.74) is -1.88. The van der Waals surface area contributed by atoms with E-state index < -0.39 is 42.3 Å². The highest BCUT2D eigenvalue weighted by Crippen LogP contribution is 2.43. The third-order valence-corrected chi connectivity index (χ3v) is 3.62. The Hall–Kier alpha value is -2.27. The molecule has 1 N–H and O–H groups in total. The summed E-state index contributed by atoms with van der Waals surface area (Å²) in [5.74, 6) is 0. The second kappa shape index (κ2) is 5.50. The highest BCUT2D eigenvalue weighted by molar-refractivity contribution is 5.92. The molecule has 118 valence electrons. The molecule has 0 radical (unpaired) electrons. The van der Waals surface area contributed by atoms with Crippen LogP contribution in [-0.4, -0.2) is 30.0 Å². The molecule has 1 aliphatic rings. The monoisotopic (exact) mass is 314 g/mol. The Bertz CT molecular complexity index is 652. The van der Waals surface area contributed by atoms with Crippen molar-refractivity contribution in [3.05, 3.63) is 34.7 Å². The number of cyclic esters (lactones) is 1. The first-order valence-electron chi connectivity index (χ1n) is 6.41. The molecule has 0 spiro atoms. The number of hydrogen-bond donors (Lipinski definition) is 1. The number of aliphatic hydroxyl groups excluding tert-OH is 1. The maximum atomic E-state index is 13.2. The van der Waals surface area contributed by atoms with Gasteiger partial charge >= 0.3 is 12.3 Å². The summed E-state index contributed by atoms with van der Waals surface area (Å²) < 4.78 is 44.5. The van der Waals surface area contributed by atoms with E-state index in [4.69, 9.17) is 11.3 Å². The molecule has 0 unspecified atom stereocenters. The lowest BCUT2D eigenvalue weighted by molar-refractivity contribution is -0.137. The van der Waals surface area contributed by atoms with Crippen LogP contribution in [0.5, 0.6) is 0 Å². The summed E-state index contributed by atoms with van der Waals surface area (Å²) in [6.45, 7) is 9.16. The molecule has 1 aromatic carbocycles. The molecule has 5 nitrogen and oxygen atoms in total. The van der Waals surface area contributed by atoms with Crippen molar-refractivity contribution in [1.29, 1.82) is 0 Å². The van der Waals surface area contributed by atoms with Crippen molar-refractivity contribution in [3.8, 4) is 0 Å². The van der Waals surface area contributed by atoms with Gasteiger partial charge in [0.25, 0.3) is 0 Å². The first-order chi connectivity index (χ1) is 10.2. The van der Waals surface area contributed by atoms with Crippen LogP contribution in [-0.2, 0) is 10.9 Å². The Labute approximate surface area is 124 Å². The van der Waals surface area contributed by atoms with Crippen LogP contribution in [0.2, 0.25) is 0 Å². The van der Waals surface area contributed by atoms with E-state index in [0.717, 1.165) is 11.0 Å². The molecule has 1 aromatic rings. The van der Waals surface area contributed by atoms with Gasteiger partial charge in [0.15, 0.2) is 5.69 Å². The molecule has 2 atom stereocenters. The fourth-order valence-electron chi connectivity index (χ4n) is 2.55. The number of carbonyl (C=O) groups excluding carboxylic acids is 1. The largest absolute Gasteiger partial charge is 0.444 e. The third kappa shape index (κ3) is 2.48. The van der Waals surface area contributed by atoms with Crippen molar-refractivity contribution >= 4 is 17.5 Å². The van der Waals surface area contributed by atoms with Crippen molar-refractivity contribution in [2.24, 2.45) is 0 Å². The average molecular weight is 314 g/mol. The maximum absolute atomic E-state index is 13.2. The van der Waals surface area contributed by atoms with Crippen LogP contribution >= 0.6 is 0 Å². The van der Waals surface area contributed by atoms with Crippen LogP contribution in [0.1, 0.15) is 18.1 Å². The quantitative estimate of drug-likeness (QED) is 0.852. The molecule has 0 saturated carbocycles. The number of ether oxygens (including phenoxy) is 1. The Morgan fingerprint density at radius 1 is 1.45 bits per heavy atom. The Balaban J connectivity index is 2.63. The van der Waals surface area contributed by atoms with Gasteiger partial charge in [-0.25, -0.2) is 9.64 Å². The fourth-order valence-corrected chi connectivity index (χ4v) is 2.55. The van der Waals surface area contributed by atoms with Gasteiger partial charge in [-0.1, -0.05) is 6.07 Å². The van der Waals surface area contributed by atoms with Gasteiger partial charge in [0.2, 0.25) is 0 Å². The Morgan fingerprint density at radius 3 is 2.59 bits per heavy atom. The molecular formula is C14H13F3N2O3. The summed E-state index contributed by atoms with van der Waals surface area (Å²) in [6.07, 6.45) is -6.19. The summed E-state index contributed by atoms with van der Waals surface area (Å²) in [5, 5.41) is 9.36. The van der Waals surface area contributed by atoms with E-state index in [-0.39, 0.29) is 11.3 Å². The van der Waals surface area contributed by atoms with E-state index in [0.29, 0.717) is 0 Å². The van der Waals surface area contributed by atoms with Crippen molar-refractivity contribution < 1.29 is 27.8 Å². The molecule has 0 aliphatic carbocycles. The van der Waals surface area contributed by atoms with E-state index in [1.165, 1.54) is 13.0 Å². The summed E-state index contributed by atoms with van der Waals surface area (Å²) in [4.78, 5) is 15.8. The van der Waals surface area contributed by atoms with Gasteiger partial charge in [0.1, 0.15) is 12.1 Å². The topological polar surface area (TPSA) is 54.1 Å². The molecule has 1 fully saturated rings. The number of alkyl halides is 3. The van der Waals surface area contributed by atoms with Crippen LogP contribution in [0, 0.1) is 13.5 Å². The van der Waals surface area contributed by atoms with Crippen molar-refractivity contribution in [3.63, 3.8) is 0 Å². The molecule has 1 heterocycles. The van der Waals surface area contributed by atoms with Gasteiger partial charge in [-0.2, -0.15) is 13.2 Å². The number of amides is 1. The molecule has 1 saturated heterocycles. The zero-order valence-electron chi connectivity index (χ0n) is 11.8. The maximum Gasteiger partial charge on any atom is 0.415 e. The van der Waals surface area contributed by atoms with Crippen molar-refractivity contribution in [2.45, 2.75) is 32.2 Å². The van der Waals surface area contributed by atoms with Gasteiger partial charge in [-0.3, -0.25) is 4.90 Å². The van der Waals surface area contributed by atoms with Gasteiger partial charge < -0.3 is 9.84 Å². The second-order valence-electron chi connectivity index (χ2n) is 4.92. The van der Waals surface area contributed by atoms with Gasteiger partial charge in [0, 0.05) is 5.69 Å². The number of hydrogen-bond acceptors (Lipinski definition) is 3. The number of carbonyl (C=O) groups is 1. The summed E-state index contributed by atoms with van der Waals surface area (Å²) in [6, 6.07) is 1.51. The highest BCUT2D eigenvalue weighted by Gasteiger charge is 2.43. The number of anilines is 1. The molecule has 2 rings (SSSR count). The minimum Gasteiger partial charge on any atom is -0.444 e. The van der Waals surface area contributed by atoms with Crippen LogP contribution in [0.25, 0.3) is 4.85 Å². The van der Waals surface area contributed by atoms with E-state index in [2.05, 4.69) is 4.85 Å². The fraction of sp³-hybridized carbons (Fsp3) is 0.429. The predicted molar refractivity (Wildman–Crippen MR) is 71.7 cm³/mol. The molecule has 8 heteroatoms. The Kier molecular flexibility index (Phi) is 4.02. The van der Waals surface area contributed by atoms with Crippen LogP contribution < -0.4 is 4.90 Å². The lowest BCUT2D eigenvalue weighted by Crippen LogP contribution is -2.39. The number of rotatable bonds is 2. The number of halogens is 3. The minimum absolute atomic E-state index is 0.0203. The molecule has 1 aliphatic heterocycles. The average Bonchev–Trinajstić information content (AvgIpc) is 2.70. The molecule has 0 bridgehead atoms. The molecule has 1 amide bonds. The molecule has 0 aromatic heterocycles. The van der Waals surface area contributed by atoms with Gasteiger partial charge in [-0.05, 0) is 25.5 Å². The van der Waals surface area contributed by atoms with E-state index in [1.54, 1.807) is 6.92 Å². The summed E-state index contributed by atoms with van der Waals surface area (Å²) in [7, 11) is 0. The zero-order valence-corrected chi connectivity index (χ0v) is 11.8.